The Morgan fingerprint density at radius 2 is 1.87 bits per heavy atom. The minimum Gasteiger partial charge on any atom is -0.463 e. The minimum absolute atomic E-state index is 0.0593. The molecule has 0 spiro atoms. The van der Waals surface area contributed by atoms with Crippen molar-refractivity contribution in [2.75, 3.05) is 6.61 Å². The maximum Gasteiger partial charge on any atom is 0.338 e. The molecular formula is C22H22N6O3. The number of amides is 2. The standard InChI is InChI=1S/C22H22N6O3/c1-3-31-21(29)18-17(23-22(30)24-19(18)15-7-5-4-6-8-15)13-28-26-20(25-27-28)16-11-9-14(2)10-12-16/h4-12,19H,3,13H2,1-2H3,(H2,23,24,30)/t19-/m1/s1. The van der Waals surface area contributed by atoms with Crippen LogP contribution in [0.1, 0.15) is 24.1 Å². The average Bonchev–Trinajstić information content (AvgIpc) is 3.23. The molecule has 1 aliphatic rings. The van der Waals surface area contributed by atoms with E-state index in [1.807, 2.05) is 61.5 Å². The molecular weight excluding hydrogens is 396 g/mol. The van der Waals surface area contributed by atoms with E-state index in [4.69, 9.17) is 4.74 Å². The number of esters is 1. The third-order valence-electron chi connectivity index (χ3n) is 4.84. The van der Waals surface area contributed by atoms with Crippen LogP contribution >= 0.6 is 0 Å². The van der Waals surface area contributed by atoms with Crippen LogP contribution in [0, 0.1) is 6.92 Å². The summed E-state index contributed by atoms with van der Waals surface area (Å²) in [5, 5.41) is 18.1. The molecule has 1 atom stereocenters. The van der Waals surface area contributed by atoms with Crippen LogP contribution in [0.5, 0.6) is 0 Å². The minimum atomic E-state index is -0.649. The van der Waals surface area contributed by atoms with Crippen LogP contribution in [0.4, 0.5) is 4.79 Å². The number of nitrogens with zero attached hydrogens (tertiary/aromatic N) is 4. The van der Waals surface area contributed by atoms with Crippen molar-refractivity contribution >= 4 is 12.0 Å². The number of hydrogen-bond donors (Lipinski definition) is 2. The number of benzene rings is 2. The first-order valence-corrected chi connectivity index (χ1v) is 9.92. The van der Waals surface area contributed by atoms with Gasteiger partial charge < -0.3 is 15.4 Å². The third kappa shape index (κ3) is 4.45. The van der Waals surface area contributed by atoms with E-state index in [2.05, 4.69) is 26.0 Å². The van der Waals surface area contributed by atoms with E-state index in [1.165, 1.54) is 4.80 Å². The molecule has 0 saturated heterocycles. The second-order valence-electron chi connectivity index (χ2n) is 7.06. The molecule has 158 valence electrons. The lowest BCUT2D eigenvalue weighted by atomic mass is 9.95. The highest BCUT2D eigenvalue weighted by Crippen LogP contribution is 2.28. The maximum atomic E-state index is 12.8. The summed E-state index contributed by atoms with van der Waals surface area (Å²) in [6.07, 6.45) is 0. The van der Waals surface area contributed by atoms with Crippen molar-refractivity contribution in [3.8, 4) is 11.4 Å². The molecule has 1 aromatic heterocycles. The molecule has 1 aliphatic heterocycles. The van der Waals surface area contributed by atoms with Crippen molar-refractivity contribution < 1.29 is 14.3 Å². The van der Waals surface area contributed by atoms with Gasteiger partial charge in [0.2, 0.25) is 5.82 Å². The van der Waals surface area contributed by atoms with Crippen molar-refractivity contribution in [3.63, 3.8) is 0 Å². The Bertz CT molecular complexity index is 1120. The molecule has 2 amide bonds. The number of tetrazole rings is 1. The molecule has 9 nitrogen and oxygen atoms in total. The normalized spacial score (nSPS) is 15.9. The molecule has 0 aliphatic carbocycles. The molecule has 2 heterocycles. The second-order valence-corrected chi connectivity index (χ2v) is 7.06. The zero-order chi connectivity index (χ0) is 21.8. The zero-order valence-corrected chi connectivity index (χ0v) is 17.2. The van der Waals surface area contributed by atoms with Crippen LogP contribution in [0.25, 0.3) is 11.4 Å². The number of carbonyl (C=O) groups excluding carboxylic acids is 2. The Kier molecular flexibility index (Phi) is 5.74. The number of aromatic nitrogens is 4. The lowest BCUT2D eigenvalue weighted by Gasteiger charge is -2.29. The second kappa shape index (κ2) is 8.78. The maximum absolute atomic E-state index is 12.8. The van der Waals surface area contributed by atoms with Crippen molar-refractivity contribution in [2.24, 2.45) is 0 Å². The predicted molar refractivity (Wildman–Crippen MR) is 112 cm³/mol. The Hall–Kier alpha value is -4.01. The summed E-state index contributed by atoms with van der Waals surface area (Å²) < 4.78 is 5.27. The fourth-order valence-corrected chi connectivity index (χ4v) is 3.36. The topological polar surface area (TPSA) is 111 Å². The van der Waals surface area contributed by atoms with Gasteiger partial charge in [-0.3, -0.25) is 0 Å². The lowest BCUT2D eigenvalue weighted by molar-refractivity contribution is -0.139. The summed E-state index contributed by atoms with van der Waals surface area (Å²) in [6, 6.07) is 15.9. The number of allylic oxidation sites excluding steroid dienone is 1. The zero-order valence-electron chi connectivity index (χ0n) is 17.2. The highest BCUT2D eigenvalue weighted by molar-refractivity contribution is 5.95. The summed E-state index contributed by atoms with van der Waals surface area (Å²) in [7, 11) is 0. The largest absolute Gasteiger partial charge is 0.463 e. The summed E-state index contributed by atoms with van der Waals surface area (Å²) in [5.41, 5.74) is 3.40. The lowest BCUT2D eigenvalue weighted by Crippen LogP contribution is -2.47. The molecule has 3 aromatic rings. The molecule has 0 bridgehead atoms. The van der Waals surface area contributed by atoms with E-state index in [0.29, 0.717) is 17.1 Å². The molecule has 9 heteroatoms. The van der Waals surface area contributed by atoms with E-state index >= 15 is 0 Å². The summed E-state index contributed by atoms with van der Waals surface area (Å²) in [5.74, 6) is -0.0594. The van der Waals surface area contributed by atoms with Gasteiger partial charge in [0.1, 0.15) is 6.54 Å². The fourth-order valence-electron chi connectivity index (χ4n) is 3.36. The van der Waals surface area contributed by atoms with Crippen molar-refractivity contribution in [1.29, 1.82) is 0 Å². The molecule has 2 aromatic carbocycles. The van der Waals surface area contributed by atoms with Crippen LogP contribution in [-0.2, 0) is 16.1 Å². The van der Waals surface area contributed by atoms with Gasteiger partial charge in [-0.1, -0.05) is 60.2 Å². The first-order chi connectivity index (χ1) is 15.0. The van der Waals surface area contributed by atoms with E-state index in [-0.39, 0.29) is 13.2 Å². The monoisotopic (exact) mass is 418 g/mol. The predicted octanol–water partition coefficient (Wildman–Crippen LogP) is 2.52. The van der Waals surface area contributed by atoms with Crippen LogP contribution in [0.2, 0.25) is 0 Å². The van der Waals surface area contributed by atoms with Gasteiger partial charge in [-0.05, 0) is 24.6 Å². The number of aryl methyl sites for hydroxylation is 1. The van der Waals surface area contributed by atoms with Crippen molar-refractivity contribution in [2.45, 2.75) is 26.4 Å². The molecule has 0 unspecified atom stereocenters. The number of ether oxygens (including phenoxy) is 1. The summed E-state index contributed by atoms with van der Waals surface area (Å²) in [6.45, 7) is 4.01. The Morgan fingerprint density at radius 3 is 2.58 bits per heavy atom. The Morgan fingerprint density at radius 1 is 1.13 bits per heavy atom. The van der Waals surface area contributed by atoms with Gasteiger partial charge in [-0.2, -0.15) is 4.80 Å². The summed E-state index contributed by atoms with van der Waals surface area (Å²) in [4.78, 5) is 26.5. The summed E-state index contributed by atoms with van der Waals surface area (Å²) >= 11 is 0. The van der Waals surface area contributed by atoms with Crippen LogP contribution in [0.15, 0.2) is 65.9 Å². The van der Waals surface area contributed by atoms with Gasteiger partial charge in [-0.15, -0.1) is 10.2 Å². The molecule has 0 saturated carbocycles. The SMILES string of the molecule is CCOC(=O)C1=C(Cn2nnc(-c3ccc(C)cc3)n2)NC(=O)N[C@@H]1c1ccccc1. The molecule has 0 radical (unpaired) electrons. The number of carbonyl (C=O) groups is 2. The van der Waals surface area contributed by atoms with E-state index in [0.717, 1.165) is 16.7 Å². The number of hydrogen-bond acceptors (Lipinski definition) is 6. The van der Waals surface area contributed by atoms with E-state index < -0.39 is 18.0 Å². The van der Waals surface area contributed by atoms with Crippen LogP contribution < -0.4 is 10.6 Å². The number of rotatable bonds is 6. The molecule has 2 N–H and O–H groups in total. The molecule has 4 rings (SSSR count). The van der Waals surface area contributed by atoms with Gasteiger partial charge in [0, 0.05) is 5.56 Å². The van der Waals surface area contributed by atoms with Crippen molar-refractivity contribution in [3.05, 3.63) is 77.0 Å². The van der Waals surface area contributed by atoms with Crippen LogP contribution in [0.3, 0.4) is 0 Å². The number of urea groups is 1. The van der Waals surface area contributed by atoms with Gasteiger partial charge >= 0.3 is 12.0 Å². The van der Waals surface area contributed by atoms with Crippen molar-refractivity contribution in [1.82, 2.24) is 30.8 Å². The van der Waals surface area contributed by atoms with Gasteiger partial charge in [0.15, 0.2) is 0 Å². The van der Waals surface area contributed by atoms with Gasteiger partial charge in [0.05, 0.1) is 23.9 Å². The smallest absolute Gasteiger partial charge is 0.338 e. The quantitative estimate of drug-likeness (QED) is 0.595. The molecule has 31 heavy (non-hydrogen) atoms. The Balaban J connectivity index is 1.70. The molecule has 0 fully saturated rings. The van der Waals surface area contributed by atoms with Gasteiger partial charge in [-0.25, -0.2) is 9.59 Å². The number of nitrogens with one attached hydrogen (secondary N) is 2. The highest BCUT2D eigenvalue weighted by Gasteiger charge is 2.34. The van der Waals surface area contributed by atoms with Crippen LogP contribution in [-0.4, -0.2) is 38.8 Å². The van der Waals surface area contributed by atoms with E-state index in [9.17, 15) is 9.59 Å². The first kappa shape index (κ1) is 20.3. The average molecular weight is 418 g/mol. The third-order valence-corrected chi connectivity index (χ3v) is 4.84. The van der Waals surface area contributed by atoms with E-state index in [1.54, 1.807) is 6.92 Å². The fraction of sp³-hybridized carbons (Fsp3) is 0.227. The van der Waals surface area contributed by atoms with Gasteiger partial charge in [0.25, 0.3) is 0 Å². The highest BCUT2D eigenvalue weighted by atomic mass is 16.5. The Labute approximate surface area is 179 Å². The first-order valence-electron chi connectivity index (χ1n) is 9.92.